The lowest BCUT2D eigenvalue weighted by atomic mass is 9.93. The number of aromatic amines is 2. The van der Waals surface area contributed by atoms with Crippen molar-refractivity contribution in [1.29, 1.82) is 0 Å². The molecular weight excluding hydrogens is 402 g/mol. The van der Waals surface area contributed by atoms with Gasteiger partial charge < -0.3 is 14.9 Å². The summed E-state index contributed by atoms with van der Waals surface area (Å²) in [5.41, 5.74) is 2.04. The van der Waals surface area contributed by atoms with E-state index in [2.05, 4.69) is 9.97 Å². The van der Waals surface area contributed by atoms with Gasteiger partial charge in [0.25, 0.3) is 11.5 Å². The summed E-state index contributed by atoms with van der Waals surface area (Å²) in [5, 5.41) is 1.32. The molecular formula is C23H20F2N4O2. The van der Waals surface area contributed by atoms with Crippen LogP contribution in [-0.4, -0.2) is 46.3 Å². The van der Waals surface area contributed by atoms with E-state index in [-0.39, 0.29) is 11.3 Å². The number of carbonyl (C=O) groups excluding carboxylic acids is 1. The number of nitrogens with zero attached hydrogens (tertiary/aromatic N) is 2. The molecule has 5 rings (SSSR count). The Morgan fingerprint density at radius 2 is 1.81 bits per heavy atom. The van der Waals surface area contributed by atoms with Gasteiger partial charge in [-0.15, -0.1) is 0 Å². The Morgan fingerprint density at radius 3 is 2.55 bits per heavy atom. The second kappa shape index (κ2) is 7.02. The first-order chi connectivity index (χ1) is 14.8. The predicted molar refractivity (Wildman–Crippen MR) is 114 cm³/mol. The number of para-hydroxylation sites is 1. The smallest absolute Gasteiger partial charge is 0.270 e. The van der Waals surface area contributed by atoms with E-state index in [1.807, 2.05) is 36.2 Å². The molecule has 0 spiro atoms. The molecule has 0 unspecified atom stereocenters. The van der Waals surface area contributed by atoms with Gasteiger partial charge in [-0.1, -0.05) is 18.2 Å². The van der Waals surface area contributed by atoms with Crippen LogP contribution < -0.4 is 5.56 Å². The third-order valence-electron chi connectivity index (χ3n) is 5.98. The number of fused-ring (bicyclic) bond motifs is 4. The number of halogens is 2. The average Bonchev–Trinajstić information content (AvgIpc) is 3.17. The maximum absolute atomic E-state index is 14.1. The SMILES string of the molecule is CN1Cc2[nH]c(=O)c3cc(F)c(F)cc3c2[C@H](N(C)C(=O)c2cc3ccccc3[nH]2)C1. The van der Waals surface area contributed by atoms with Gasteiger partial charge in [0, 0.05) is 42.3 Å². The summed E-state index contributed by atoms with van der Waals surface area (Å²) in [4.78, 5) is 35.3. The van der Waals surface area contributed by atoms with E-state index in [4.69, 9.17) is 0 Å². The molecule has 6 nitrogen and oxygen atoms in total. The van der Waals surface area contributed by atoms with Crippen LogP contribution in [0.25, 0.3) is 21.7 Å². The summed E-state index contributed by atoms with van der Waals surface area (Å²) < 4.78 is 27.9. The molecule has 3 heterocycles. The lowest BCUT2D eigenvalue weighted by Crippen LogP contribution is -2.42. The van der Waals surface area contributed by atoms with Crippen molar-refractivity contribution in [2.75, 3.05) is 20.6 Å². The fourth-order valence-corrected chi connectivity index (χ4v) is 4.45. The third kappa shape index (κ3) is 3.11. The Hall–Kier alpha value is -3.52. The highest BCUT2D eigenvalue weighted by Gasteiger charge is 2.33. The van der Waals surface area contributed by atoms with Gasteiger partial charge in [-0.2, -0.15) is 0 Å². The standard InChI is InChI=1S/C23H20F2N4O2/c1-28-10-19-21(13-8-15(24)16(25)9-14(13)22(30)27-19)20(11-28)29(2)23(31)18-7-12-5-3-4-6-17(12)26-18/h3-9,20,26H,10-11H2,1-2H3,(H,27,30)/t20-/m1/s1. The topological polar surface area (TPSA) is 72.2 Å². The monoisotopic (exact) mass is 422 g/mol. The highest BCUT2D eigenvalue weighted by molar-refractivity contribution is 5.98. The van der Waals surface area contributed by atoms with E-state index in [9.17, 15) is 18.4 Å². The summed E-state index contributed by atoms with van der Waals surface area (Å²) >= 11 is 0. The number of amides is 1. The number of hydrogen-bond donors (Lipinski definition) is 2. The molecule has 0 radical (unpaired) electrons. The van der Waals surface area contributed by atoms with Gasteiger partial charge in [0.15, 0.2) is 11.6 Å². The van der Waals surface area contributed by atoms with Crippen LogP contribution in [0.2, 0.25) is 0 Å². The van der Waals surface area contributed by atoms with Crippen molar-refractivity contribution in [3.8, 4) is 0 Å². The van der Waals surface area contributed by atoms with Crippen LogP contribution in [0.15, 0.2) is 47.3 Å². The molecule has 158 valence electrons. The van der Waals surface area contributed by atoms with Gasteiger partial charge in [-0.05, 0) is 36.7 Å². The first kappa shape index (κ1) is 19.4. The number of H-pyrrole nitrogens is 2. The number of likely N-dealkylation sites (N-methyl/N-ethyl adjacent to an activating group) is 2. The molecule has 1 atom stereocenters. The number of nitrogens with one attached hydrogen (secondary N) is 2. The van der Waals surface area contributed by atoms with E-state index in [0.717, 1.165) is 23.0 Å². The molecule has 0 saturated heterocycles. The number of rotatable bonds is 2. The van der Waals surface area contributed by atoms with E-state index < -0.39 is 23.2 Å². The van der Waals surface area contributed by atoms with Crippen LogP contribution in [0.3, 0.4) is 0 Å². The lowest BCUT2D eigenvalue weighted by molar-refractivity contribution is 0.0672. The van der Waals surface area contributed by atoms with Gasteiger partial charge in [0.1, 0.15) is 5.69 Å². The summed E-state index contributed by atoms with van der Waals surface area (Å²) in [6.45, 7) is 0.917. The molecule has 0 saturated carbocycles. The fourth-order valence-electron chi connectivity index (χ4n) is 4.45. The number of carbonyl (C=O) groups is 1. The zero-order valence-electron chi connectivity index (χ0n) is 17.0. The van der Waals surface area contributed by atoms with Gasteiger partial charge in [0.05, 0.1) is 11.4 Å². The molecule has 0 bridgehead atoms. The van der Waals surface area contributed by atoms with Crippen LogP contribution in [0, 0.1) is 11.6 Å². The molecule has 0 aliphatic carbocycles. The Morgan fingerprint density at radius 1 is 1.10 bits per heavy atom. The zero-order chi connectivity index (χ0) is 21.9. The molecule has 0 fully saturated rings. The second-order valence-electron chi connectivity index (χ2n) is 8.06. The van der Waals surface area contributed by atoms with Gasteiger partial charge in [-0.25, -0.2) is 8.78 Å². The van der Waals surface area contributed by atoms with Crippen molar-refractivity contribution in [2.24, 2.45) is 0 Å². The van der Waals surface area contributed by atoms with E-state index in [1.165, 1.54) is 0 Å². The van der Waals surface area contributed by atoms with Crippen molar-refractivity contribution in [2.45, 2.75) is 12.6 Å². The number of pyridine rings is 1. The zero-order valence-corrected chi connectivity index (χ0v) is 17.0. The van der Waals surface area contributed by atoms with Crippen molar-refractivity contribution >= 4 is 27.6 Å². The van der Waals surface area contributed by atoms with Gasteiger partial charge in [0.2, 0.25) is 0 Å². The number of hydrogen-bond acceptors (Lipinski definition) is 3. The highest BCUT2D eigenvalue weighted by atomic mass is 19.2. The van der Waals surface area contributed by atoms with Crippen molar-refractivity contribution in [3.63, 3.8) is 0 Å². The molecule has 1 aliphatic heterocycles. The van der Waals surface area contributed by atoms with Crippen molar-refractivity contribution in [1.82, 2.24) is 19.8 Å². The molecule has 2 aromatic heterocycles. The highest BCUT2D eigenvalue weighted by Crippen LogP contribution is 2.35. The lowest BCUT2D eigenvalue weighted by Gasteiger charge is -2.37. The first-order valence-electron chi connectivity index (χ1n) is 9.90. The Bertz CT molecular complexity index is 1380. The second-order valence-corrected chi connectivity index (χ2v) is 8.06. The minimum Gasteiger partial charge on any atom is -0.351 e. The maximum Gasteiger partial charge on any atom is 0.270 e. The molecule has 8 heteroatoms. The average molecular weight is 422 g/mol. The van der Waals surface area contributed by atoms with Gasteiger partial charge in [-0.3, -0.25) is 14.5 Å². The largest absolute Gasteiger partial charge is 0.351 e. The predicted octanol–water partition coefficient (Wildman–Crippen LogP) is 3.55. The van der Waals surface area contributed by atoms with Crippen molar-refractivity contribution < 1.29 is 13.6 Å². The normalized spacial score (nSPS) is 16.6. The van der Waals surface area contributed by atoms with Crippen LogP contribution >= 0.6 is 0 Å². The summed E-state index contributed by atoms with van der Waals surface area (Å²) in [6.07, 6.45) is 0. The molecule has 2 aromatic carbocycles. The molecule has 4 aromatic rings. The number of aromatic nitrogens is 2. The third-order valence-corrected chi connectivity index (χ3v) is 5.98. The quantitative estimate of drug-likeness (QED) is 0.519. The van der Waals surface area contributed by atoms with Crippen LogP contribution in [0.5, 0.6) is 0 Å². The van der Waals surface area contributed by atoms with E-state index >= 15 is 0 Å². The minimum atomic E-state index is -1.08. The molecule has 1 aliphatic rings. The minimum absolute atomic E-state index is 0.0682. The molecule has 1 amide bonds. The summed E-state index contributed by atoms with van der Waals surface area (Å²) in [5.74, 6) is -2.34. The van der Waals surface area contributed by atoms with Crippen LogP contribution in [0.1, 0.15) is 27.8 Å². The van der Waals surface area contributed by atoms with Crippen molar-refractivity contribution in [3.05, 3.63) is 81.4 Å². The summed E-state index contributed by atoms with van der Waals surface area (Å²) in [7, 11) is 3.56. The fraction of sp³-hybridized carbons (Fsp3) is 0.217. The first-order valence-corrected chi connectivity index (χ1v) is 9.90. The van der Waals surface area contributed by atoms with E-state index in [0.29, 0.717) is 35.4 Å². The number of benzene rings is 2. The van der Waals surface area contributed by atoms with Crippen LogP contribution in [0.4, 0.5) is 8.78 Å². The van der Waals surface area contributed by atoms with E-state index in [1.54, 1.807) is 18.0 Å². The Balaban J connectivity index is 1.65. The Labute approximate surface area is 176 Å². The van der Waals surface area contributed by atoms with Gasteiger partial charge >= 0.3 is 0 Å². The van der Waals surface area contributed by atoms with Crippen LogP contribution in [-0.2, 0) is 6.54 Å². The molecule has 2 N–H and O–H groups in total. The molecule has 31 heavy (non-hydrogen) atoms. The Kier molecular flexibility index (Phi) is 4.40. The summed E-state index contributed by atoms with van der Waals surface area (Å²) in [6, 6.07) is 10.9. The maximum atomic E-state index is 14.1.